The number of carbonyl (C=O) groups is 1. The van der Waals surface area contributed by atoms with Crippen molar-refractivity contribution in [3.8, 4) is 17.9 Å². The number of aromatic amines is 1. The van der Waals surface area contributed by atoms with E-state index in [1.54, 1.807) is 60.8 Å². The van der Waals surface area contributed by atoms with Crippen LogP contribution < -0.4 is 0 Å². The van der Waals surface area contributed by atoms with Crippen molar-refractivity contribution in [2.45, 2.75) is 0 Å². The summed E-state index contributed by atoms with van der Waals surface area (Å²) in [6.45, 7) is 0. The van der Waals surface area contributed by atoms with Gasteiger partial charge in [-0.05, 0) is 41.8 Å². The first-order valence-corrected chi connectivity index (χ1v) is 8.07. The Kier molecular flexibility index (Phi) is 5.37. The first-order valence-electron chi connectivity index (χ1n) is 8.07. The fourth-order valence-corrected chi connectivity index (χ4v) is 2.29. The van der Waals surface area contributed by atoms with Crippen molar-refractivity contribution in [1.82, 2.24) is 9.97 Å². The Bertz CT molecular complexity index is 1120. The third kappa shape index (κ3) is 4.66. The number of hydrogen-bond acceptors (Lipinski definition) is 4. The van der Waals surface area contributed by atoms with E-state index < -0.39 is 0 Å². The first kappa shape index (κ1) is 17.6. The molecule has 1 heterocycles. The number of H-pyrrole nitrogens is 1. The van der Waals surface area contributed by atoms with Gasteiger partial charge < -0.3 is 10.4 Å². The van der Waals surface area contributed by atoms with E-state index in [1.807, 2.05) is 6.07 Å². The summed E-state index contributed by atoms with van der Waals surface area (Å²) in [6, 6.07) is 16.0. The Morgan fingerprint density at radius 1 is 1.11 bits per heavy atom. The minimum atomic E-state index is 0.310. The summed E-state index contributed by atoms with van der Waals surface area (Å²) in [5, 5.41) is 17.0. The molecule has 5 nitrogen and oxygen atoms in total. The molecule has 1 aromatic heterocycles. The molecule has 0 saturated heterocycles. The van der Waals surface area contributed by atoms with Crippen LogP contribution in [0.2, 0.25) is 0 Å². The molecule has 2 aromatic carbocycles. The van der Waals surface area contributed by atoms with Gasteiger partial charge in [-0.3, -0.25) is 4.79 Å². The molecule has 0 bridgehead atoms. The third-order valence-corrected chi connectivity index (χ3v) is 3.69. The number of hydrogen-bond donors (Lipinski definition) is 2. The summed E-state index contributed by atoms with van der Waals surface area (Å²) in [6.07, 6.45) is 5.70. The summed E-state index contributed by atoms with van der Waals surface area (Å²) in [5.74, 6) is 6.53. The highest BCUT2D eigenvalue weighted by Crippen LogP contribution is 2.07. The van der Waals surface area contributed by atoms with Crippen LogP contribution in [-0.4, -0.2) is 22.0 Å². The van der Waals surface area contributed by atoms with Crippen molar-refractivity contribution in [2.24, 2.45) is 0 Å². The maximum atomic E-state index is 10.7. The predicted octanol–water partition coefficient (Wildman–Crippen LogP) is 3.57. The second-order valence-electron chi connectivity index (χ2n) is 5.61. The van der Waals surface area contributed by atoms with Gasteiger partial charge in [0.1, 0.15) is 17.8 Å². The smallest absolute Gasteiger partial charge is 0.150 e. The zero-order chi connectivity index (χ0) is 19.1. The van der Waals surface area contributed by atoms with E-state index in [9.17, 15) is 4.79 Å². The summed E-state index contributed by atoms with van der Waals surface area (Å²) >= 11 is 0. The van der Waals surface area contributed by atoms with Crippen LogP contribution in [0.1, 0.15) is 38.6 Å². The molecule has 3 aromatic rings. The molecule has 0 aliphatic carbocycles. The maximum absolute atomic E-state index is 10.7. The fraction of sp³-hybridized carbons (Fsp3) is 0. The molecule has 0 spiro atoms. The Labute approximate surface area is 156 Å². The quantitative estimate of drug-likeness (QED) is 0.428. The van der Waals surface area contributed by atoms with Crippen molar-refractivity contribution >= 4 is 18.1 Å². The van der Waals surface area contributed by atoms with Crippen molar-refractivity contribution in [3.05, 3.63) is 94.6 Å². The number of imidazole rings is 1. The lowest BCUT2D eigenvalue weighted by molar-refractivity contribution is 0.112. The standard InChI is InChI=1S/C22H14N4O/c23-13-18-3-1-2-16(12-18)6-9-20-14-25-22(26-20)11-10-21(24)19-7-4-17(15-27)5-8-19/h1-5,7-8,10-12,14-15,24H,(H,25,26)/b11-10-,24-21?. The Morgan fingerprint density at radius 2 is 1.89 bits per heavy atom. The van der Waals surface area contributed by atoms with Crippen LogP contribution >= 0.6 is 0 Å². The zero-order valence-corrected chi connectivity index (χ0v) is 14.2. The van der Waals surface area contributed by atoms with Gasteiger partial charge in [0, 0.05) is 11.1 Å². The highest BCUT2D eigenvalue weighted by molar-refractivity contribution is 6.08. The van der Waals surface area contributed by atoms with Gasteiger partial charge in [0.2, 0.25) is 0 Å². The van der Waals surface area contributed by atoms with Crippen molar-refractivity contribution in [1.29, 1.82) is 10.7 Å². The lowest BCUT2D eigenvalue weighted by Gasteiger charge is -1.98. The van der Waals surface area contributed by atoms with Crippen LogP contribution in [0.5, 0.6) is 0 Å². The summed E-state index contributed by atoms with van der Waals surface area (Å²) in [5.41, 5.74) is 3.55. The van der Waals surface area contributed by atoms with Gasteiger partial charge in [-0.25, -0.2) is 4.98 Å². The molecule has 0 fully saturated rings. The molecule has 0 atom stereocenters. The van der Waals surface area contributed by atoms with E-state index in [4.69, 9.17) is 10.7 Å². The zero-order valence-electron chi connectivity index (χ0n) is 14.2. The Morgan fingerprint density at radius 3 is 2.63 bits per heavy atom. The van der Waals surface area contributed by atoms with Crippen LogP contribution in [-0.2, 0) is 0 Å². The van der Waals surface area contributed by atoms with Crippen LogP contribution in [0, 0.1) is 28.6 Å². The minimum absolute atomic E-state index is 0.310. The minimum Gasteiger partial charge on any atom is -0.332 e. The molecule has 3 rings (SSSR count). The van der Waals surface area contributed by atoms with E-state index in [-0.39, 0.29) is 0 Å². The first-order chi connectivity index (χ1) is 13.2. The SMILES string of the molecule is N#Cc1cccc(C#Cc2cnc(/C=C\C(=N)c3ccc(C=O)cc3)[nH]2)c1. The van der Waals surface area contributed by atoms with Crippen LogP contribution in [0.15, 0.2) is 60.8 Å². The lowest BCUT2D eigenvalue weighted by Crippen LogP contribution is -1.94. The Hall–Kier alpha value is -4.22. The highest BCUT2D eigenvalue weighted by Gasteiger charge is 1.99. The molecule has 0 amide bonds. The van der Waals surface area contributed by atoms with E-state index >= 15 is 0 Å². The number of rotatable bonds is 4. The van der Waals surface area contributed by atoms with Crippen molar-refractivity contribution in [3.63, 3.8) is 0 Å². The van der Waals surface area contributed by atoms with E-state index in [0.717, 1.165) is 11.8 Å². The molecule has 27 heavy (non-hydrogen) atoms. The van der Waals surface area contributed by atoms with Gasteiger partial charge in [0.05, 0.1) is 23.5 Å². The number of nitrogens with zero attached hydrogens (tertiary/aromatic N) is 2. The summed E-state index contributed by atoms with van der Waals surface area (Å²) in [7, 11) is 0. The number of nitriles is 1. The average Bonchev–Trinajstić information content (AvgIpc) is 3.18. The van der Waals surface area contributed by atoms with Gasteiger partial charge in [0.15, 0.2) is 0 Å². The largest absolute Gasteiger partial charge is 0.332 e. The fourth-order valence-electron chi connectivity index (χ4n) is 2.29. The van der Waals surface area contributed by atoms with Crippen molar-refractivity contribution in [2.75, 3.05) is 0 Å². The molecular weight excluding hydrogens is 336 g/mol. The van der Waals surface area contributed by atoms with Gasteiger partial charge in [-0.15, -0.1) is 0 Å². The average molecular weight is 350 g/mol. The van der Waals surface area contributed by atoms with Gasteiger partial charge >= 0.3 is 0 Å². The van der Waals surface area contributed by atoms with Gasteiger partial charge in [-0.1, -0.05) is 36.3 Å². The van der Waals surface area contributed by atoms with Gasteiger partial charge in [-0.2, -0.15) is 5.26 Å². The van der Waals surface area contributed by atoms with Crippen LogP contribution in [0.25, 0.3) is 6.08 Å². The molecule has 2 N–H and O–H groups in total. The summed E-state index contributed by atoms with van der Waals surface area (Å²) < 4.78 is 0. The molecular formula is C22H14N4O. The molecule has 0 aliphatic heterocycles. The van der Waals surface area contributed by atoms with E-state index in [0.29, 0.717) is 33.9 Å². The monoisotopic (exact) mass is 350 g/mol. The number of aldehydes is 1. The number of aromatic nitrogens is 2. The molecule has 0 aliphatic rings. The third-order valence-electron chi connectivity index (χ3n) is 3.69. The second kappa shape index (κ2) is 8.24. The number of benzene rings is 2. The maximum Gasteiger partial charge on any atom is 0.150 e. The van der Waals surface area contributed by atoms with Crippen LogP contribution in [0.4, 0.5) is 0 Å². The normalized spacial score (nSPS) is 10.0. The number of carbonyl (C=O) groups excluding carboxylic acids is 1. The van der Waals surface area contributed by atoms with E-state index in [2.05, 4.69) is 27.9 Å². The second-order valence-corrected chi connectivity index (χ2v) is 5.61. The lowest BCUT2D eigenvalue weighted by atomic mass is 10.1. The molecule has 0 radical (unpaired) electrons. The Balaban J connectivity index is 1.69. The molecule has 128 valence electrons. The topological polar surface area (TPSA) is 93.4 Å². The molecule has 5 heteroatoms. The highest BCUT2D eigenvalue weighted by atomic mass is 16.1. The summed E-state index contributed by atoms with van der Waals surface area (Å²) in [4.78, 5) is 17.9. The van der Waals surface area contributed by atoms with Gasteiger partial charge in [0.25, 0.3) is 0 Å². The predicted molar refractivity (Wildman–Crippen MR) is 103 cm³/mol. The molecule has 0 saturated carbocycles. The van der Waals surface area contributed by atoms with Crippen molar-refractivity contribution < 1.29 is 4.79 Å². The van der Waals surface area contributed by atoms with E-state index in [1.165, 1.54) is 0 Å². The van der Waals surface area contributed by atoms with Crippen LogP contribution in [0.3, 0.4) is 0 Å². The number of nitrogens with one attached hydrogen (secondary N) is 2. The molecule has 0 unspecified atom stereocenters. The number of allylic oxidation sites excluding steroid dienone is 1.